The first-order valence-electron chi connectivity index (χ1n) is 10.2. The number of para-hydroxylation sites is 1. The topological polar surface area (TPSA) is 44.9 Å². The molecule has 0 amide bonds. The Balaban J connectivity index is 1.49. The van der Waals surface area contributed by atoms with E-state index in [2.05, 4.69) is 16.4 Å². The van der Waals surface area contributed by atoms with E-state index in [1.807, 2.05) is 24.3 Å². The first kappa shape index (κ1) is 19.4. The summed E-state index contributed by atoms with van der Waals surface area (Å²) in [5.74, 6) is -0.828. The van der Waals surface area contributed by atoms with Crippen molar-refractivity contribution in [2.45, 2.75) is 18.5 Å². The Morgan fingerprint density at radius 1 is 0.903 bits per heavy atom. The molecule has 2 N–H and O–H groups in total. The van der Waals surface area contributed by atoms with Gasteiger partial charge in [0.25, 0.3) is 0 Å². The van der Waals surface area contributed by atoms with Gasteiger partial charge in [-0.15, -0.1) is 0 Å². The lowest BCUT2D eigenvalue weighted by atomic mass is 9.90. The molecule has 4 aromatic rings. The zero-order valence-electron chi connectivity index (χ0n) is 16.6. The monoisotopic (exact) mass is 414 g/mol. The van der Waals surface area contributed by atoms with E-state index in [4.69, 9.17) is 0 Å². The summed E-state index contributed by atoms with van der Waals surface area (Å²) in [5.41, 5.74) is 4.68. The Labute approximate surface area is 178 Å². The number of carbonyl (C=O) groups is 1. The molecule has 2 heterocycles. The third-order valence-electron chi connectivity index (χ3n) is 5.75. The number of aromatic amines is 1. The maximum Gasteiger partial charge on any atom is 0.185 e. The molecule has 2 atom stereocenters. The number of carbonyl (C=O) groups excluding carboxylic acids is 1. The lowest BCUT2D eigenvalue weighted by Crippen LogP contribution is -2.38. The van der Waals surface area contributed by atoms with Crippen molar-refractivity contribution in [2.24, 2.45) is 0 Å². The maximum atomic E-state index is 13.5. The highest BCUT2D eigenvalue weighted by Gasteiger charge is 2.29. The number of rotatable bonds is 4. The molecule has 1 aromatic heterocycles. The number of hydrogen-bond acceptors (Lipinski definition) is 2. The van der Waals surface area contributed by atoms with Crippen LogP contribution in [0.3, 0.4) is 0 Å². The van der Waals surface area contributed by atoms with Crippen molar-refractivity contribution in [3.05, 3.63) is 119 Å². The van der Waals surface area contributed by atoms with Crippen molar-refractivity contribution >= 4 is 16.7 Å². The summed E-state index contributed by atoms with van der Waals surface area (Å²) in [7, 11) is 0. The Morgan fingerprint density at radius 2 is 1.58 bits per heavy atom. The van der Waals surface area contributed by atoms with Crippen LogP contribution < -0.4 is 5.32 Å². The molecule has 1 aliphatic heterocycles. The maximum absolute atomic E-state index is 13.5. The van der Waals surface area contributed by atoms with Crippen LogP contribution in [0.4, 0.5) is 8.78 Å². The number of fused-ring (bicyclic) bond motifs is 3. The molecule has 0 spiro atoms. The smallest absolute Gasteiger partial charge is 0.185 e. The number of hydrogen-bond donors (Lipinski definition) is 2. The minimum Gasteiger partial charge on any atom is -0.357 e. The molecule has 0 aliphatic carbocycles. The standard InChI is InChI=1S/C26H20F2N2O/c27-18-9-5-16(6-10-18)24(31)14-13-20-15-22-21-3-1-2-4-23(21)30-26(22)25(29-20)17-7-11-19(28)12-8-17/h1-14,20,25,29-30H,15H2/b14-13+. The summed E-state index contributed by atoms with van der Waals surface area (Å²) in [6, 6.07) is 19.9. The van der Waals surface area contributed by atoms with Gasteiger partial charge in [-0.05, 0) is 66.1 Å². The van der Waals surface area contributed by atoms with Crippen LogP contribution in [0, 0.1) is 11.6 Å². The van der Waals surface area contributed by atoms with E-state index in [0.29, 0.717) is 12.0 Å². The number of H-pyrrole nitrogens is 1. The number of allylic oxidation sites excluding steroid dienone is 1. The van der Waals surface area contributed by atoms with Gasteiger partial charge in [0.05, 0.1) is 6.04 Å². The summed E-state index contributed by atoms with van der Waals surface area (Å²) in [5, 5.41) is 4.72. The van der Waals surface area contributed by atoms with Gasteiger partial charge in [0, 0.05) is 28.2 Å². The molecule has 3 aromatic carbocycles. The summed E-state index contributed by atoms with van der Waals surface area (Å²) in [4.78, 5) is 16.0. The zero-order valence-corrected chi connectivity index (χ0v) is 16.6. The normalized spacial score (nSPS) is 18.4. The van der Waals surface area contributed by atoms with E-state index in [-0.39, 0.29) is 29.5 Å². The fraction of sp³-hybridized carbons (Fsp3) is 0.115. The second-order valence-corrected chi connectivity index (χ2v) is 7.75. The van der Waals surface area contributed by atoms with Crippen LogP contribution in [0.1, 0.15) is 33.2 Å². The average molecular weight is 414 g/mol. The van der Waals surface area contributed by atoms with E-state index < -0.39 is 0 Å². The first-order valence-corrected chi connectivity index (χ1v) is 10.2. The highest BCUT2D eigenvalue weighted by atomic mass is 19.1. The molecule has 0 fully saturated rings. The number of halogens is 2. The number of ketones is 1. The van der Waals surface area contributed by atoms with Gasteiger partial charge in [0.2, 0.25) is 0 Å². The van der Waals surface area contributed by atoms with Gasteiger partial charge in [-0.25, -0.2) is 8.78 Å². The van der Waals surface area contributed by atoms with Gasteiger partial charge in [-0.1, -0.05) is 36.4 Å². The highest BCUT2D eigenvalue weighted by molar-refractivity contribution is 6.04. The van der Waals surface area contributed by atoms with Crippen molar-refractivity contribution in [1.82, 2.24) is 10.3 Å². The SMILES string of the molecule is O=C(/C=C/C1Cc2c([nH]c3ccccc23)C(c2ccc(F)cc2)N1)c1ccc(F)cc1. The van der Waals surface area contributed by atoms with Crippen molar-refractivity contribution in [2.75, 3.05) is 0 Å². The van der Waals surface area contributed by atoms with Crippen LogP contribution in [0.5, 0.6) is 0 Å². The minimum atomic E-state index is -0.372. The van der Waals surface area contributed by atoms with Gasteiger partial charge in [0.1, 0.15) is 11.6 Å². The molecule has 31 heavy (non-hydrogen) atoms. The van der Waals surface area contributed by atoms with Gasteiger partial charge in [-0.3, -0.25) is 10.1 Å². The average Bonchev–Trinajstić information content (AvgIpc) is 3.17. The van der Waals surface area contributed by atoms with E-state index >= 15 is 0 Å². The predicted octanol–water partition coefficient (Wildman–Crippen LogP) is 5.49. The fourth-order valence-electron chi connectivity index (χ4n) is 4.22. The van der Waals surface area contributed by atoms with Crippen LogP contribution >= 0.6 is 0 Å². The van der Waals surface area contributed by atoms with Crippen molar-refractivity contribution < 1.29 is 13.6 Å². The van der Waals surface area contributed by atoms with E-state index in [9.17, 15) is 13.6 Å². The molecule has 0 saturated carbocycles. The van der Waals surface area contributed by atoms with Gasteiger partial charge in [-0.2, -0.15) is 0 Å². The molecule has 1 aliphatic rings. The third kappa shape index (κ3) is 3.80. The Morgan fingerprint density at radius 3 is 2.32 bits per heavy atom. The minimum absolute atomic E-state index is 0.0915. The fourth-order valence-corrected chi connectivity index (χ4v) is 4.22. The van der Waals surface area contributed by atoms with Gasteiger partial charge in [0.15, 0.2) is 5.78 Å². The zero-order chi connectivity index (χ0) is 21.4. The highest BCUT2D eigenvalue weighted by Crippen LogP contribution is 2.35. The summed E-state index contributed by atoms with van der Waals surface area (Å²) < 4.78 is 26.6. The van der Waals surface area contributed by atoms with Crippen LogP contribution in [0.2, 0.25) is 0 Å². The van der Waals surface area contributed by atoms with Crippen LogP contribution in [-0.4, -0.2) is 16.8 Å². The van der Waals surface area contributed by atoms with Gasteiger partial charge < -0.3 is 4.98 Å². The summed E-state index contributed by atoms with van der Waals surface area (Å²) >= 11 is 0. The second kappa shape index (κ2) is 7.93. The van der Waals surface area contributed by atoms with Crippen molar-refractivity contribution in [3.63, 3.8) is 0 Å². The molecule has 5 heteroatoms. The van der Waals surface area contributed by atoms with E-state index in [0.717, 1.165) is 22.2 Å². The van der Waals surface area contributed by atoms with Crippen LogP contribution in [0.15, 0.2) is 84.9 Å². The molecule has 2 unspecified atom stereocenters. The molecule has 3 nitrogen and oxygen atoms in total. The van der Waals surface area contributed by atoms with E-state index in [1.54, 1.807) is 12.1 Å². The van der Waals surface area contributed by atoms with Crippen molar-refractivity contribution in [1.29, 1.82) is 0 Å². The molecule has 0 saturated heterocycles. The number of nitrogens with one attached hydrogen (secondary N) is 2. The third-order valence-corrected chi connectivity index (χ3v) is 5.75. The van der Waals surface area contributed by atoms with Crippen LogP contribution in [-0.2, 0) is 6.42 Å². The second-order valence-electron chi connectivity index (χ2n) is 7.75. The van der Waals surface area contributed by atoms with Gasteiger partial charge >= 0.3 is 0 Å². The van der Waals surface area contributed by atoms with E-state index in [1.165, 1.54) is 48.0 Å². The molecule has 154 valence electrons. The lowest BCUT2D eigenvalue weighted by Gasteiger charge is -2.30. The van der Waals surface area contributed by atoms with Crippen LogP contribution in [0.25, 0.3) is 10.9 Å². The molecule has 0 radical (unpaired) electrons. The Kier molecular flexibility index (Phi) is 4.96. The number of benzene rings is 3. The summed E-state index contributed by atoms with van der Waals surface area (Å²) in [6.07, 6.45) is 4.10. The number of aromatic nitrogens is 1. The Bertz CT molecular complexity index is 1270. The Hall–Kier alpha value is -3.57. The molecular formula is C26H20F2N2O. The largest absolute Gasteiger partial charge is 0.357 e. The predicted molar refractivity (Wildman–Crippen MR) is 117 cm³/mol. The molecule has 0 bridgehead atoms. The molecule has 5 rings (SSSR count). The quantitative estimate of drug-likeness (QED) is 0.343. The summed E-state index contributed by atoms with van der Waals surface area (Å²) in [6.45, 7) is 0. The molecular weight excluding hydrogens is 394 g/mol. The van der Waals surface area contributed by atoms with Crippen molar-refractivity contribution in [3.8, 4) is 0 Å². The first-order chi connectivity index (χ1) is 15.1. The lowest BCUT2D eigenvalue weighted by molar-refractivity contribution is 0.104.